The molecule has 0 saturated heterocycles. The van der Waals surface area contributed by atoms with Crippen molar-refractivity contribution in [2.24, 2.45) is 0 Å². The number of amides is 2. The molecule has 0 heterocycles. The molecule has 0 aliphatic rings. The predicted molar refractivity (Wildman–Crippen MR) is 154 cm³/mol. The highest BCUT2D eigenvalue weighted by Crippen LogP contribution is 2.37. The number of hydrogen-bond acceptors (Lipinski definition) is 8. The summed E-state index contributed by atoms with van der Waals surface area (Å²) >= 11 is 0. The number of nitrogens with zero attached hydrogens (tertiary/aromatic N) is 2. The van der Waals surface area contributed by atoms with Crippen molar-refractivity contribution in [1.29, 1.82) is 0 Å². The maximum absolute atomic E-state index is 14.2. The van der Waals surface area contributed by atoms with E-state index in [1.807, 2.05) is 30.3 Å². The summed E-state index contributed by atoms with van der Waals surface area (Å²) < 4.78 is 50.8. The maximum Gasteiger partial charge on any atom is 0.265 e. The fourth-order valence-corrected chi connectivity index (χ4v) is 5.61. The van der Waals surface area contributed by atoms with Gasteiger partial charge in [-0.2, -0.15) is 0 Å². The van der Waals surface area contributed by atoms with E-state index in [0.717, 1.165) is 9.87 Å². The van der Waals surface area contributed by atoms with Crippen molar-refractivity contribution < 1.29 is 37.0 Å². The van der Waals surface area contributed by atoms with Crippen LogP contribution in [-0.4, -0.2) is 73.2 Å². The van der Waals surface area contributed by atoms with E-state index in [1.165, 1.54) is 64.7 Å². The summed E-state index contributed by atoms with van der Waals surface area (Å²) in [6, 6.07) is 17.0. The summed E-state index contributed by atoms with van der Waals surface area (Å²) in [4.78, 5) is 27.8. The quantitative estimate of drug-likeness (QED) is 0.325. The highest BCUT2D eigenvalue weighted by molar-refractivity contribution is 7.92. The Hall–Kier alpha value is -4.45. The van der Waals surface area contributed by atoms with Crippen LogP contribution in [0.25, 0.3) is 0 Å². The van der Waals surface area contributed by atoms with E-state index in [4.69, 9.17) is 18.9 Å². The van der Waals surface area contributed by atoms with Crippen LogP contribution in [0.5, 0.6) is 23.0 Å². The second-order valence-electron chi connectivity index (χ2n) is 8.86. The summed E-state index contributed by atoms with van der Waals surface area (Å²) in [5, 5.41) is 2.56. The Labute approximate surface area is 240 Å². The molecule has 0 spiro atoms. The van der Waals surface area contributed by atoms with Crippen molar-refractivity contribution in [3.63, 3.8) is 0 Å². The summed E-state index contributed by atoms with van der Waals surface area (Å²) in [6.45, 7) is 1.01. The third-order valence-corrected chi connectivity index (χ3v) is 8.24. The van der Waals surface area contributed by atoms with Gasteiger partial charge in [0.25, 0.3) is 10.0 Å². The van der Waals surface area contributed by atoms with E-state index in [9.17, 15) is 18.0 Å². The van der Waals surface area contributed by atoms with Gasteiger partial charge >= 0.3 is 0 Å². The molecule has 0 radical (unpaired) electrons. The third kappa shape index (κ3) is 7.01. The molecule has 3 rings (SSSR count). The third-order valence-electron chi connectivity index (χ3n) is 6.49. The number of rotatable bonds is 13. The lowest BCUT2D eigenvalue weighted by Crippen LogP contribution is -2.50. The number of likely N-dealkylation sites (N-methyl/N-ethyl adjacent to an activating group) is 1. The fourth-order valence-electron chi connectivity index (χ4n) is 4.18. The van der Waals surface area contributed by atoms with Crippen molar-refractivity contribution in [3.8, 4) is 23.0 Å². The van der Waals surface area contributed by atoms with Crippen LogP contribution in [0, 0.1) is 0 Å². The average Bonchev–Trinajstić information content (AvgIpc) is 3.01. The van der Waals surface area contributed by atoms with Gasteiger partial charge in [-0.05, 0) is 36.8 Å². The first-order valence-electron chi connectivity index (χ1n) is 12.6. The van der Waals surface area contributed by atoms with Crippen molar-refractivity contribution in [3.05, 3.63) is 72.3 Å². The average molecular weight is 586 g/mol. The predicted octanol–water partition coefficient (Wildman–Crippen LogP) is 3.08. The van der Waals surface area contributed by atoms with Gasteiger partial charge in [-0.25, -0.2) is 8.42 Å². The van der Waals surface area contributed by atoms with E-state index in [-0.39, 0.29) is 28.6 Å². The minimum Gasteiger partial charge on any atom is -0.497 e. The largest absolute Gasteiger partial charge is 0.497 e. The van der Waals surface area contributed by atoms with Crippen LogP contribution >= 0.6 is 0 Å². The smallest absolute Gasteiger partial charge is 0.265 e. The van der Waals surface area contributed by atoms with Gasteiger partial charge in [0, 0.05) is 25.7 Å². The lowest BCUT2D eigenvalue weighted by Gasteiger charge is -2.32. The number of benzene rings is 3. The topological polar surface area (TPSA) is 124 Å². The summed E-state index contributed by atoms with van der Waals surface area (Å²) in [5.41, 5.74) is 0.840. The van der Waals surface area contributed by atoms with E-state index < -0.39 is 34.4 Å². The van der Waals surface area contributed by atoms with Crippen LogP contribution in [0.4, 0.5) is 5.69 Å². The van der Waals surface area contributed by atoms with Gasteiger partial charge in [-0.3, -0.25) is 13.9 Å². The first-order valence-corrected chi connectivity index (χ1v) is 14.1. The number of anilines is 1. The van der Waals surface area contributed by atoms with Gasteiger partial charge in [0.05, 0.1) is 39.0 Å². The molecule has 0 aromatic heterocycles. The molecule has 12 heteroatoms. The standard InChI is InChI=1S/C29H35N3O8S/c1-20(29(34)30-2)31(18-21-10-8-7-9-11-21)28(33)19-32(24-16-22(37-3)12-14-25(24)38-4)41(35,36)23-13-15-26(39-5)27(17-23)40-6/h7-17,20H,18-19H2,1-6H3,(H,30,34)/t20-/m1/s1. The summed E-state index contributed by atoms with van der Waals surface area (Å²) in [5.74, 6) is 0.0523. The van der Waals surface area contributed by atoms with Crippen LogP contribution in [0.2, 0.25) is 0 Å². The molecule has 3 aromatic rings. The minimum absolute atomic E-state index is 0.0715. The Balaban J connectivity index is 2.17. The van der Waals surface area contributed by atoms with E-state index in [2.05, 4.69) is 5.32 Å². The monoisotopic (exact) mass is 585 g/mol. The zero-order valence-corrected chi connectivity index (χ0v) is 24.7. The van der Waals surface area contributed by atoms with Crippen molar-refractivity contribution in [2.75, 3.05) is 46.3 Å². The summed E-state index contributed by atoms with van der Waals surface area (Å²) in [7, 11) is 2.73. The molecule has 3 aromatic carbocycles. The van der Waals surface area contributed by atoms with Crippen molar-refractivity contribution in [2.45, 2.75) is 24.4 Å². The molecule has 41 heavy (non-hydrogen) atoms. The molecule has 0 saturated carbocycles. The number of sulfonamides is 1. The number of hydrogen-bond donors (Lipinski definition) is 1. The molecule has 0 bridgehead atoms. The normalized spacial score (nSPS) is 11.7. The Bertz CT molecular complexity index is 1460. The van der Waals surface area contributed by atoms with Crippen LogP contribution < -0.4 is 28.6 Å². The summed E-state index contributed by atoms with van der Waals surface area (Å²) in [6.07, 6.45) is 0. The van der Waals surface area contributed by atoms with Crippen LogP contribution in [0.1, 0.15) is 12.5 Å². The molecular weight excluding hydrogens is 550 g/mol. The van der Waals surface area contributed by atoms with Gasteiger partial charge < -0.3 is 29.2 Å². The van der Waals surface area contributed by atoms with E-state index in [1.54, 1.807) is 19.1 Å². The second kappa shape index (κ2) is 13.8. The van der Waals surface area contributed by atoms with Gasteiger partial charge in [-0.15, -0.1) is 0 Å². The SMILES string of the molecule is CNC(=O)[C@@H](C)N(Cc1ccccc1)C(=O)CN(c1cc(OC)ccc1OC)S(=O)(=O)c1ccc(OC)c(OC)c1. The van der Waals surface area contributed by atoms with E-state index in [0.29, 0.717) is 11.5 Å². The van der Waals surface area contributed by atoms with Gasteiger partial charge in [-0.1, -0.05) is 30.3 Å². The molecule has 0 aliphatic carbocycles. The first kappa shape index (κ1) is 31.1. The Morgan fingerprint density at radius 3 is 2.05 bits per heavy atom. The Morgan fingerprint density at radius 2 is 1.46 bits per heavy atom. The molecular formula is C29H35N3O8S. The zero-order valence-electron chi connectivity index (χ0n) is 23.9. The number of carbonyl (C=O) groups is 2. The van der Waals surface area contributed by atoms with E-state index >= 15 is 0 Å². The number of ether oxygens (including phenoxy) is 4. The molecule has 11 nitrogen and oxygen atoms in total. The lowest BCUT2D eigenvalue weighted by molar-refractivity contribution is -0.139. The lowest BCUT2D eigenvalue weighted by atomic mass is 10.1. The van der Waals surface area contributed by atoms with Gasteiger partial charge in [0.15, 0.2) is 11.5 Å². The Kier molecular flexibility index (Phi) is 10.4. The second-order valence-corrected chi connectivity index (χ2v) is 10.7. The number of nitrogens with one attached hydrogen (secondary N) is 1. The fraction of sp³-hybridized carbons (Fsp3) is 0.310. The minimum atomic E-state index is -4.41. The highest BCUT2D eigenvalue weighted by Gasteiger charge is 2.34. The Morgan fingerprint density at radius 1 is 0.829 bits per heavy atom. The van der Waals surface area contributed by atoms with Crippen molar-refractivity contribution in [1.82, 2.24) is 10.2 Å². The molecule has 1 N–H and O–H groups in total. The van der Waals surface area contributed by atoms with Crippen LogP contribution in [0.15, 0.2) is 71.6 Å². The van der Waals surface area contributed by atoms with Crippen LogP contribution in [-0.2, 0) is 26.2 Å². The maximum atomic E-state index is 14.2. The number of methoxy groups -OCH3 is 4. The molecule has 1 atom stereocenters. The first-order chi connectivity index (χ1) is 19.6. The van der Waals surface area contributed by atoms with Gasteiger partial charge in [0.1, 0.15) is 24.1 Å². The zero-order chi connectivity index (χ0) is 30.2. The molecule has 2 amide bonds. The molecule has 0 aliphatic heterocycles. The molecule has 0 unspecified atom stereocenters. The highest BCUT2D eigenvalue weighted by atomic mass is 32.2. The van der Waals surface area contributed by atoms with Crippen LogP contribution in [0.3, 0.4) is 0 Å². The molecule has 220 valence electrons. The number of carbonyl (C=O) groups excluding carboxylic acids is 2. The van der Waals surface area contributed by atoms with Crippen molar-refractivity contribution >= 4 is 27.5 Å². The molecule has 0 fully saturated rings. The van der Waals surface area contributed by atoms with Gasteiger partial charge in [0.2, 0.25) is 11.8 Å².